The summed E-state index contributed by atoms with van der Waals surface area (Å²) in [7, 11) is 0. The number of amides is 1. The Morgan fingerprint density at radius 3 is 2.52 bits per heavy atom. The Balaban J connectivity index is 2.57. The third-order valence-corrected chi connectivity index (χ3v) is 3.08. The highest BCUT2D eigenvalue weighted by Gasteiger charge is 2.32. The molecular formula is C14H20F3N3O. The molecule has 0 bridgehead atoms. The van der Waals surface area contributed by atoms with E-state index in [-0.39, 0.29) is 12.1 Å². The van der Waals surface area contributed by atoms with Gasteiger partial charge in [0.25, 0.3) is 0 Å². The first-order valence-electron chi connectivity index (χ1n) is 6.74. The molecule has 0 saturated heterocycles. The Labute approximate surface area is 121 Å². The maximum absolute atomic E-state index is 12.8. The minimum Gasteiger partial charge on any atom is -0.351 e. The topological polar surface area (TPSA) is 81.1 Å². The zero-order valence-corrected chi connectivity index (χ0v) is 11.6. The lowest BCUT2D eigenvalue weighted by Gasteiger charge is -2.15. The Kier molecular flexibility index (Phi) is 6.64. The number of nitrogens with two attached hydrogens (primary N) is 2. The van der Waals surface area contributed by atoms with Crippen LogP contribution in [0.1, 0.15) is 30.4 Å². The monoisotopic (exact) mass is 303 g/mol. The standard InChI is InChI=1S/C14H20F3N3O/c15-14(16,17)11-6-2-1-5-10(11)9-20-13(21)12(19)7-3-4-8-18/h1-2,5-6,12H,3-4,7-9,18-19H2,(H,20,21)/t12-/m0/s1. The summed E-state index contributed by atoms with van der Waals surface area (Å²) in [6.07, 6.45) is -2.50. The van der Waals surface area contributed by atoms with E-state index < -0.39 is 23.7 Å². The molecule has 21 heavy (non-hydrogen) atoms. The lowest BCUT2D eigenvalue weighted by atomic mass is 10.1. The molecule has 1 atom stereocenters. The highest BCUT2D eigenvalue weighted by molar-refractivity contribution is 5.81. The quantitative estimate of drug-likeness (QED) is 0.672. The fourth-order valence-corrected chi connectivity index (χ4v) is 1.90. The van der Waals surface area contributed by atoms with Gasteiger partial charge in [0.05, 0.1) is 11.6 Å². The number of hydrogen-bond donors (Lipinski definition) is 3. The van der Waals surface area contributed by atoms with Crippen molar-refractivity contribution in [1.29, 1.82) is 0 Å². The van der Waals surface area contributed by atoms with Crippen LogP contribution in [0.4, 0.5) is 13.2 Å². The van der Waals surface area contributed by atoms with E-state index >= 15 is 0 Å². The van der Waals surface area contributed by atoms with Gasteiger partial charge >= 0.3 is 6.18 Å². The van der Waals surface area contributed by atoms with Crippen molar-refractivity contribution < 1.29 is 18.0 Å². The van der Waals surface area contributed by atoms with Crippen LogP contribution < -0.4 is 16.8 Å². The molecule has 0 aliphatic heterocycles. The van der Waals surface area contributed by atoms with Crippen LogP contribution in [0.2, 0.25) is 0 Å². The van der Waals surface area contributed by atoms with Crippen molar-refractivity contribution in [2.45, 2.75) is 38.0 Å². The number of halogens is 3. The smallest absolute Gasteiger partial charge is 0.351 e. The van der Waals surface area contributed by atoms with E-state index in [9.17, 15) is 18.0 Å². The number of carbonyl (C=O) groups is 1. The summed E-state index contributed by atoms with van der Waals surface area (Å²) in [5, 5.41) is 2.44. The summed E-state index contributed by atoms with van der Waals surface area (Å²) >= 11 is 0. The summed E-state index contributed by atoms with van der Waals surface area (Å²) in [6.45, 7) is 0.326. The van der Waals surface area contributed by atoms with E-state index in [1.165, 1.54) is 18.2 Å². The molecular weight excluding hydrogens is 283 g/mol. The number of alkyl halides is 3. The molecule has 0 spiro atoms. The van der Waals surface area contributed by atoms with E-state index in [1.54, 1.807) is 0 Å². The van der Waals surface area contributed by atoms with Gasteiger partial charge in [0, 0.05) is 6.54 Å². The van der Waals surface area contributed by atoms with Gasteiger partial charge < -0.3 is 16.8 Å². The van der Waals surface area contributed by atoms with Gasteiger partial charge in [-0.3, -0.25) is 4.79 Å². The maximum Gasteiger partial charge on any atom is 0.416 e. The fourth-order valence-electron chi connectivity index (χ4n) is 1.90. The lowest BCUT2D eigenvalue weighted by molar-refractivity contribution is -0.138. The van der Waals surface area contributed by atoms with Gasteiger partial charge in [-0.2, -0.15) is 13.2 Å². The van der Waals surface area contributed by atoms with Crippen LogP contribution in [0, 0.1) is 0 Å². The molecule has 5 N–H and O–H groups in total. The van der Waals surface area contributed by atoms with Crippen molar-refractivity contribution >= 4 is 5.91 Å². The van der Waals surface area contributed by atoms with Gasteiger partial charge in [0.2, 0.25) is 5.91 Å². The number of carbonyl (C=O) groups excluding carboxylic acids is 1. The number of benzene rings is 1. The fraction of sp³-hybridized carbons (Fsp3) is 0.500. The van der Waals surface area contributed by atoms with E-state index in [2.05, 4.69) is 5.32 Å². The van der Waals surface area contributed by atoms with Crippen molar-refractivity contribution in [3.05, 3.63) is 35.4 Å². The molecule has 7 heteroatoms. The van der Waals surface area contributed by atoms with Gasteiger partial charge in [-0.05, 0) is 31.0 Å². The third kappa shape index (κ3) is 5.73. The number of hydrogen-bond acceptors (Lipinski definition) is 3. The zero-order valence-electron chi connectivity index (χ0n) is 11.6. The largest absolute Gasteiger partial charge is 0.416 e. The van der Waals surface area contributed by atoms with Crippen LogP contribution in [0.15, 0.2) is 24.3 Å². The molecule has 1 aromatic carbocycles. The molecule has 4 nitrogen and oxygen atoms in total. The van der Waals surface area contributed by atoms with Crippen molar-refractivity contribution in [2.75, 3.05) is 6.54 Å². The van der Waals surface area contributed by atoms with Gasteiger partial charge in [-0.1, -0.05) is 24.6 Å². The highest BCUT2D eigenvalue weighted by atomic mass is 19.4. The Hall–Kier alpha value is -1.60. The molecule has 0 saturated carbocycles. The van der Waals surface area contributed by atoms with E-state index in [4.69, 9.17) is 11.5 Å². The van der Waals surface area contributed by atoms with Crippen LogP contribution in [0.5, 0.6) is 0 Å². The number of rotatable bonds is 7. The predicted octanol–water partition coefficient (Wildman–Crippen LogP) is 1.78. The van der Waals surface area contributed by atoms with Gasteiger partial charge in [-0.15, -0.1) is 0 Å². The Bertz CT molecular complexity index is 463. The average molecular weight is 303 g/mol. The molecule has 1 aromatic rings. The number of nitrogens with one attached hydrogen (secondary N) is 1. The second-order valence-corrected chi connectivity index (χ2v) is 4.76. The normalized spacial score (nSPS) is 13.0. The molecule has 0 heterocycles. The molecule has 0 aliphatic carbocycles. The summed E-state index contributed by atoms with van der Waals surface area (Å²) in [5.74, 6) is -0.455. The van der Waals surface area contributed by atoms with E-state index in [0.29, 0.717) is 19.4 Å². The maximum atomic E-state index is 12.8. The van der Waals surface area contributed by atoms with Crippen molar-refractivity contribution in [1.82, 2.24) is 5.32 Å². The zero-order chi connectivity index (χ0) is 15.9. The lowest BCUT2D eigenvalue weighted by Crippen LogP contribution is -2.40. The second kappa shape index (κ2) is 7.99. The molecule has 1 rings (SSSR count). The summed E-state index contributed by atoms with van der Waals surface area (Å²) in [4.78, 5) is 11.7. The van der Waals surface area contributed by atoms with Crippen LogP contribution in [0.25, 0.3) is 0 Å². The predicted molar refractivity (Wildman–Crippen MR) is 74.2 cm³/mol. The first-order valence-corrected chi connectivity index (χ1v) is 6.74. The van der Waals surface area contributed by atoms with Gasteiger partial charge in [0.1, 0.15) is 0 Å². The minimum atomic E-state index is -4.44. The molecule has 0 aliphatic rings. The van der Waals surface area contributed by atoms with Crippen molar-refractivity contribution in [3.8, 4) is 0 Å². The average Bonchev–Trinajstić information content (AvgIpc) is 2.44. The van der Waals surface area contributed by atoms with E-state index in [0.717, 1.165) is 12.5 Å². The van der Waals surface area contributed by atoms with Crippen LogP contribution >= 0.6 is 0 Å². The van der Waals surface area contributed by atoms with Crippen LogP contribution in [-0.2, 0) is 17.5 Å². The minimum absolute atomic E-state index is 0.0208. The summed E-state index contributed by atoms with van der Waals surface area (Å²) < 4.78 is 38.4. The second-order valence-electron chi connectivity index (χ2n) is 4.76. The first kappa shape index (κ1) is 17.5. The van der Waals surface area contributed by atoms with Crippen LogP contribution in [-0.4, -0.2) is 18.5 Å². The molecule has 1 amide bonds. The molecule has 0 unspecified atom stereocenters. The summed E-state index contributed by atoms with van der Waals surface area (Å²) in [5.41, 5.74) is 10.3. The van der Waals surface area contributed by atoms with Gasteiger partial charge in [-0.25, -0.2) is 0 Å². The Morgan fingerprint density at radius 2 is 1.90 bits per heavy atom. The Morgan fingerprint density at radius 1 is 1.24 bits per heavy atom. The molecule has 118 valence electrons. The molecule has 0 aromatic heterocycles. The SMILES string of the molecule is NCCCC[C@H](N)C(=O)NCc1ccccc1C(F)(F)F. The highest BCUT2D eigenvalue weighted by Crippen LogP contribution is 2.31. The van der Waals surface area contributed by atoms with E-state index in [1.807, 2.05) is 0 Å². The summed E-state index contributed by atoms with van der Waals surface area (Å²) in [6, 6.07) is 4.41. The first-order chi connectivity index (χ1) is 9.86. The number of unbranched alkanes of at least 4 members (excludes halogenated alkanes) is 1. The van der Waals surface area contributed by atoms with Gasteiger partial charge in [0.15, 0.2) is 0 Å². The molecule has 0 fully saturated rings. The van der Waals surface area contributed by atoms with Crippen molar-refractivity contribution in [2.24, 2.45) is 11.5 Å². The van der Waals surface area contributed by atoms with Crippen molar-refractivity contribution in [3.63, 3.8) is 0 Å². The van der Waals surface area contributed by atoms with Crippen LogP contribution in [0.3, 0.4) is 0 Å². The third-order valence-electron chi connectivity index (χ3n) is 3.08. The molecule has 0 radical (unpaired) electrons.